The first-order valence-electron chi connectivity index (χ1n) is 5.15. The largest absolute Gasteiger partial charge is 0.488 e. The molecule has 1 unspecified atom stereocenters. The summed E-state index contributed by atoms with van der Waals surface area (Å²) in [6.45, 7) is 4.37. The van der Waals surface area contributed by atoms with Gasteiger partial charge in [0, 0.05) is 7.11 Å². The van der Waals surface area contributed by atoms with Crippen LogP contribution in [0.4, 0.5) is 0 Å². The van der Waals surface area contributed by atoms with E-state index in [1.807, 2.05) is 32.0 Å². The van der Waals surface area contributed by atoms with E-state index in [0.29, 0.717) is 17.9 Å². The lowest BCUT2D eigenvalue weighted by atomic mass is 10.1. The highest BCUT2D eigenvalue weighted by molar-refractivity contribution is 5.97. The van der Waals surface area contributed by atoms with Crippen LogP contribution in [0.15, 0.2) is 18.2 Å². The highest BCUT2D eigenvalue weighted by Gasteiger charge is 2.10. The van der Waals surface area contributed by atoms with E-state index in [2.05, 4.69) is 0 Å². The van der Waals surface area contributed by atoms with Gasteiger partial charge < -0.3 is 15.2 Å². The summed E-state index contributed by atoms with van der Waals surface area (Å²) in [4.78, 5) is 0. The van der Waals surface area contributed by atoms with Crippen molar-refractivity contribution in [3.05, 3.63) is 29.3 Å². The van der Waals surface area contributed by atoms with Gasteiger partial charge in [0.1, 0.15) is 17.7 Å². The third-order valence-corrected chi connectivity index (χ3v) is 2.15. The Bertz CT molecular complexity index is 377. The zero-order chi connectivity index (χ0) is 12.1. The van der Waals surface area contributed by atoms with Crippen molar-refractivity contribution in [3.8, 4) is 5.75 Å². The molecule has 1 atom stereocenters. The van der Waals surface area contributed by atoms with Gasteiger partial charge in [0.05, 0.1) is 12.2 Å². The predicted molar refractivity (Wildman–Crippen MR) is 64.2 cm³/mol. The first-order chi connectivity index (χ1) is 7.54. The van der Waals surface area contributed by atoms with Crippen LogP contribution in [0.2, 0.25) is 0 Å². The van der Waals surface area contributed by atoms with Crippen molar-refractivity contribution in [1.82, 2.24) is 0 Å². The third-order valence-electron chi connectivity index (χ3n) is 2.15. The van der Waals surface area contributed by atoms with E-state index in [4.69, 9.17) is 20.6 Å². The molecule has 0 aliphatic carbocycles. The Morgan fingerprint density at radius 2 is 2.19 bits per heavy atom. The number of methoxy groups -OCH3 is 1. The van der Waals surface area contributed by atoms with E-state index >= 15 is 0 Å². The maximum atomic E-state index is 7.49. The van der Waals surface area contributed by atoms with Crippen molar-refractivity contribution >= 4 is 5.84 Å². The lowest BCUT2D eigenvalue weighted by Gasteiger charge is -2.16. The number of amidine groups is 1. The summed E-state index contributed by atoms with van der Waals surface area (Å²) in [5.74, 6) is 0.644. The molecule has 0 heterocycles. The van der Waals surface area contributed by atoms with Gasteiger partial charge in [-0.15, -0.1) is 0 Å². The van der Waals surface area contributed by atoms with E-state index in [1.165, 1.54) is 0 Å². The molecule has 1 aromatic carbocycles. The molecule has 0 fully saturated rings. The lowest BCUT2D eigenvalue weighted by molar-refractivity contribution is 0.0919. The smallest absolute Gasteiger partial charge is 0.130 e. The van der Waals surface area contributed by atoms with Crippen LogP contribution in [0.1, 0.15) is 18.1 Å². The van der Waals surface area contributed by atoms with Crippen LogP contribution >= 0.6 is 0 Å². The average molecular weight is 222 g/mol. The predicted octanol–water partition coefficient (Wildman–Crippen LogP) is 1.69. The molecule has 16 heavy (non-hydrogen) atoms. The van der Waals surface area contributed by atoms with Crippen molar-refractivity contribution in [2.45, 2.75) is 20.0 Å². The van der Waals surface area contributed by atoms with Crippen LogP contribution in [0.5, 0.6) is 5.75 Å². The molecule has 0 radical (unpaired) electrons. The number of benzene rings is 1. The second-order valence-electron chi connectivity index (χ2n) is 3.80. The normalized spacial score (nSPS) is 12.2. The molecule has 0 bridgehead atoms. The van der Waals surface area contributed by atoms with E-state index in [0.717, 1.165) is 5.56 Å². The Hall–Kier alpha value is -1.55. The minimum atomic E-state index is -0.0641. The van der Waals surface area contributed by atoms with E-state index in [-0.39, 0.29) is 11.9 Å². The molecule has 0 amide bonds. The maximum Gasteiger partial charge on any atom is 0.130 e. The molecular formula is C12H18N2O2. The minimum absolute atomic E-state index is 0.0170. The summed E-state index contributed by atoms with van der Waals surface area (Å²) in [7, 11) is 1.63. The number of nitrogens with two attached hydrogens (primary N) is 1. The second kappa shape index (κ2) is 5.51. The van der Waals surface area contributed by atoms with Crippen LogP contribution in [0.25, 0.3) is 0 Å². The summed E-state index contributed by atoms with van der Waals surface area (Å²) in [5, 5.41) is 7.49. The molecule has 0 saturated carbocycles. The van der Waals surface area contributed by atoms with Gasteiger partial charge >= 0.3 is 0 Å². The molecule has 88 valence electrons. The Kier molecular flexibility index (Phi) is 4.31. The van der Waals surface area contributed by atoms with E-state index in [9.17, 15) is 0 Å². The molecule has 0 aromatic heterocycles. The maximum absolute atomic E-state index is 7.49. The van der Waals surface area contributed by atoms with Crippen LogP contribution < -0.4 is 10.5 Å². The number of rotatable bonds is 5. The van der Waals surface area contributed by atoms with Gasteiger partial charge in [0.2, 0.25) is 0 Å². The van der Waals surface area contributed by atoms with Crippen LogP contribution in [0.3, 0.4) is 0 Å². The molecule has 0 saturated heterocycles. The monoisotopic (exact) mass is 222 g/mol. The number of nitrogen functional groups attached to an aromatic ring is 1. The van der Waals surface area contributed by atoms with Crippen molar-refractivity contribution < 1.29 is 9.47 Å². The molecule has 0 aliphatic rings. The standard InChI is InChI=1S/C12H18N2O2/c1-8-4-5-11(10(6-8)12(13)14)16-9(2)7-15-3/h4-6,9H,7H2,1-3H3,(H3,13,14). The number of hydrogen-bond donors (Lipinski definition) is 2. The molecule has 1 rings (SSSR count). The van der Waals surface area contributed by atoms with Gasteiger partial charge in [0.25, 0.3) is 0 Å². The topological polar surface area (TPSA) is 68.3 Å². The zero-order valence-electron chi connectivity index (χ0n) is 9.91. The summed E-state index contributed by atoms with van der Waals surface area (Å²) >= 11 is 0. The van der Waals surface area contributed by atoms with Gasteiger partial charge in [-0.25, -0.2) is 0 Å². The quantitative estimate of drug-likeness (QED) is 0.588. The van der Waals surface area contributed by atoms with Crippen LogP contribution in [-0.4, -0.2) is 25.7 Å². The number of hydrogen-bond acceptors (Lipinski definition) is 3. The summed E-state index contributed by atoms with van der Waals surface area (Å²) in [6, 6.07) is 5.61. The fourth-order valence-corrected chi connectivity index (χ4v) is 1.44. The molecule has 1 aromatic rings. The third kappa shape index (κ3) is 3.24. The fraction of sp³-hybridized carbons (Fsp3) is 0.417. The first kappa shape index (κ1) is 12.5. The van der Waals surface area contributed by atoms with Crippen molar-refractivity contribution in [1.29, 1.82) is 5.41 Å². The number of aryl methyl sites for hydroxylation is 1. The molecule has 0 aliphatic heterocycles. The van der Waals surface area contributed by atoms with Gasteiger partial charge in [-0.2, -0.15) is 0 Å². The summed E-state index contributed by atoms with van der Waals surface area (Å²) in [6.07, 6.45) is -0.0641. The number of ether oxygens (including phenoxy) is 2. The molecule has 4 nitrogen and oxygen atoms in total. The van der Waals surface area contributed by atoms with Crippen molar-refractivity contribution in [2.24, 2.45) is 5.73 Å². The molecule has 4 heteroatoms. The summed E-state index contributed by atoms with van der Waals surface area (Å²) < 4.78 is 10.6. The van der Waals surface area contributed by atoms with Crippen molar-refractivity contribution in [3.63, 3.8) is 0 Å². The Morgan fingerprint density at radius 3 is 2.75 bits per heavy atom. The Balaban J connectivity index is 2.90. The second-order valence-corrected chi connectivity index (χ2v) is 3.80. The lowest BCUT2D eigenvalue weighted by Crippen LogP contribution is -2.21. The van der Waals surface area contributed by atoms with Gasteiger partial charge in [-0.1, -0.05) is 11.6 Å². The van der Waals surface area contributed by atoms with Crippen LogP contribution in [0, 0.1) is 12.3 Å². The van der Waals surface area contributed by atoms with Gasteiger partial charge in [0.15, 0.2) is 0 Å². The van der Waals surface area contributed by atoms with E-state index < -0.39 is 0 Å². The minimum Gasteiger partial charge on any atom is -0.488 e. The SMILES string of the molecule is COCC(C)Oc1ccc(C)cc1C(=N)N. The highest BCUT2D eigenvalue weighted by atomic mass is 16.5. The fourth-order valence-electron chi connectivity index (χ4n) is 1.44. The summed E-state index contributed by atoms with van der Waals surface area (Å²) in [5.41, 5.74) is 7.19. The van der Waals surface area contributed by atoms with Crippen molar-refractivity contribution in [2.75, 3.05) is 13.7 Å². The molecular weight excluding hydrogens is 204 g/mol. The Morgan fingerprint density at radius 1 is 1.50 bits per heavy atom. The van der Waals surface area contributed by atoms with Gasteiger partial charge in [-0.3, -0.25) is 5.41 Å². The number of nitrogens with one attached hydrogen (secondary N) is 1. The highest BCUT2D eigenvalue weighted by Crippen LogP contribution is 2.20. The van der Waals surface area contributed by atoms with Crippen LogP contribution in [-0.2, 0) is 4.74 Å². The zero-order valence-corrected chi connectivity index (χ0v) is 9.91. The molecule has 0 spiro atoms. The first-order valence-corrected chi connectivity index (χ1v) is 5.15. The average Bonchev–Trinajstić information content (AvgIpc) is 2.20. The van der Waals surface area contributed by atoms with Gasteiger partial charge in [-0.05, 0) is 26.0 Å². The Labute approximate surface area is 95.9 Å². The van der Waals surface area contributed by atoms with E-state index in [1.54, 1.807) is 7.11 Å². The molecule has 3 N–H and O–H groups in total.